The number of rotatable bonds is 7. The Hall–Kier alpha value is -4.52. The second kappa shape index (κ2) is 16.5. The van der Waals surface area contributed by atoms with Crippen molar-refractivity contribution in [3.63, 3.8) is 0 Å². The summed E-state index contributed by atoms with van der Waals surface area (Å²) in [5.74, 6) is -1.87. The zero-order valence-electron chi connectivity index (χ0n) is 27.6. The van der Waals surface area contributed by atoms with Crippen molar-refractivity contribution in [1.29, 1.82) is 0 Å². The highest BCUT2D eigenvalue weighted by molar-refractivity contribution is 5.87. The minimum absolute atomic E-state index is 0.118. The Morgan fingerprint density at radius 2 is 1.33 bits per heavy atom. The van der Waals surface area contributed by atoms with Gasteiger partial charge >= 0.3 is 11.9 Å². The number of ether oxygens (including phenoxy) is 3. The van der Waals surface area contributed by atoms with Gasteiger partial charge in [0.15, 0.2) is 5.79 Å². The average Bonchev–Trinajstić information content (AvgIpc) is 3.04. The monoisotopic (exact) mass is 607 g/mol. The molecule has 2 aliphatic rings. The molecule has 0 bridgehead atoms. The van der Waals surface area contributed by atoms with Crippen LogP contribution >= 0.6 is 0 Å². The van der Waals surface area contributed by atoms with Crippen LogP contribution in [-0.4, -0.2) is 53.7 Å². The van der Waals surface area contributed by atoms with Crippen LogP contribution in [0.5, 0.6) is 0 Å². The van der Waals surface area contributed by atoms with Crippen LogP contribution in [0.15, 0.2) is 92.4 Å². The minimum Gasteiger partial charge on any atom is -0.461 e. The van der Waals surface area contributed by atoms with Crippen molar-refractivity contribution in [3.8, 4) is 0 Å². The summed E-state index contributed by atoms with van der Waals surface area (Å²) in [4.78, 5) is 30.6. The maximum Gasteiger partial charge on any atom is 0.342 e. The third kappa shape index (κ3) is 9.24. The van der Waals surface area contributed by atoms with Crippen LogP contribution in [0.4, 0.5) is 0 Å². The number of piperidine rings is 1. The lowest BCUT2D eigenvalue weighted by Gasteiger charge is -2.63. The number of esters is 1. The molecule has 234 valence electrons. The third-order valence-corrected chi connectivity index (χ3v) is 8.71. The number of nitrogens with zero attached hydrogens (tertiary/aromatic N) is 1. The molecule has 0 N–H and O–H groups in total. The highest BCUT2D eigenvalue weighted by atomic mass is 16.7. The van der Waals surface area contributed by atoms with Crippen molar-refractivity contribution in [2.24, 2.45) is 11.3 Å². The first-order chi connectivity index (χ1) is 21.4. The predicted molar refractivity (Wildman–Crippen MR) is 167 cm³/mol. The van der Waals surface area contributed by atoms with Crippen LogP contribution in [0.3, 0.4) is 0 Å². The zero-order chi connectivity index (χ0) is 33.6. The summed E-state index contributed by atoms with van der Waals surface area (Å²) in [6.45, 7) is 19.6. The maximum absolute atomic E-state index is 12.7. The Morgan fingerprint density at radius 1 is 0.822 bits per heavy atom. The van der Waals surface area contributed by atoms with Crippen LogP contribution < -0.4 is 0 Å². The molecule has 0 aromatic heterocycles. The van der Waals surface area contributed by atoms with Gasteiger partial charge in [-0.3, -0.25) is 4.79 Å². The molecule has 0 amide bonds. The Labute approximate surface area is 266 Å². The number of hydrogen-bond donors (Lipinski definition) is 0. The highest BCUT2D eigenvalue weighted by Gasteiger charge is 2.64. The van der Waals surface area contributed by atoms with Gasteiger partial charge < -0.3 is 19.0 Å². The van der Waals surface area contributed by atoms with Gasteiger partial charge in [0.2, 0.25) is 0 Å². The van der Waals surface area contributed by atoms with E-state index in [1.165, 1.54) is 6.92 Å². The van der Waals surface area contributed by atoms with Gasteiger partial charge in [0.05, 0.1) is 35.3 Å². The number of carbonyl (C=O) groups excluding carboxylic acids is 2. The van der Waals surface area contributed by atoms with Crippen molar-refractivity contribution in [2.45, 2.75) is 97.9 Å². The Bertz CT molecular complexity index is 1710. The lowest BCUT2D eigenvalue weighted by Crippen LogP contribution is -2.74. The summed E-state index contributed by atoms with van der Waals surface area (Å²) in [5.41, 5.74) is 34.0. The minimum atomic E-state index is -0.875. The first-order valence-electron chi connectivity index (χ1n) is 14.9. The molecule has 2 rings (SSSR count). The number of carbonyl (C=O) groups is 2. The van der Waals surface area contributed by atoms with Gasteiger partial charge in [0.25, 0.3) is 0 Å². The third-order valence-electron chi connectivity index (χ3n) is 8.71. The number of hydrogen-bond acceptors (Lipinski definition) is 7. The molecule has 45 heavy (non-hydrogen) atoms. The van der Waals surface area contributed by atoms with E-state index in [1.54, 1.807) is 6.92 Å². The van der Waals surface area contributed by atoms with E-state index in [-0.39, 0.29) is 24.1 Å². The van der Waals surface area contributed by atoms with E-state index in [4.69, 9.17) is 19.0 Å². The molecule has 2 heterocycles. The van der Waals surface area contributed by atoms with E-state index in [1.807, 2.05) is 12.0 Å². The summed E-state index contributed by atoms with van der Waals surface area (Å²) < 4.78 is 18.9. The summed E-state index contributed by atoms with van der Waals surface area (Å²) >= 11 is 0. The van der Waals surface area contributed by atoms with Crippen molar-refractivity contribution in [2.75, 3.05) is 19.8 Å². The molecule has 2 saturated heterocycles. The van der Waals surface area contributed by atoms with Gasteiger partial charge in [0, 0.05) is 19.3 Å². The summed E-state index contributed by atoms with van der Waals surface area (Å²) in [5, 5.41) is 1.87. The fourth-order valence-corrected chi connectivity index (χ4v) is 5.32. The van der Waals surface area contributed by atoms with Gasteiger partial charge in [-0.1, -0.05) is 33.4 Å². The molecular weight excluding hydrogens is 566 g/mol. The second-order valence-electron chi connectivity index (χ2n) is 11.6. The largest absolute Gasteiger partial charge is 0.461 e. The molecule has 3 unspecified atom stereocenters. The smallest absolute Gasteiger partial charge is 0.342 e. The summed E-state index contributed by atoms with van der Waals surface area (Å²) in [6.07, 6.45) is 2.66. The van der Waals surface area contributed by atoms with Gasteiger partial charge in [-0.05, 0) is 121 Å². The second-order valence-corrected chi connectivity index (χ2v) is 11.6. The Balaban J connectivity index is 2.22. The molecule has 0 aromatic rings. The molecule has 1 spiro atoms. The van der Waals surface area contributed by atoms with Crippen LogP contribution in [0.1, 0.15) is 81.1 Å². The lowest BCUT2D eigenvalue weighted by molar-refractivity contribution is -0.403. The molecule has 2 aliphatic heterocycles. The van der Waals surface area contributed by atoms with Crippen molar-refractivity contribution < 1.29 is 28.6 Å². The van der Waals surface area contributed by atoms with E-state index < -0.39 is 28.2 Å². The molecule has 0 aliphatic carbocycles. The molecule has 7 nitrogen and oxygen atoms in total. The van der Waals surface area contributed by atoms with E-state index in [2.05, 4.69) is 121 Å². The topological polar surface area (TPSA) is 74.3 Å². The molecule has 3 atom stereocenters. The van der Waals surface area contributed by atoms with Crippen molar-refractivity contribution >= 4 is 11.9 Å². The zero-order valence-corrected chi connectivity index (χ0v) is 27.6. The molecule has 0 saturated carbocycles. The predicted octanol–water partition coefficient (Wildman–Crippen LogP) is 6.57. The molecular formula is C38H41NO6. The van der Waals surface area contributed by atoms with Crippen LogP contribution in [-0.2, 0) is 28.6 Å². The van der Waals surface area contributed by atoms with E-state index >= 15 is 0 Å². The summed E-state index contributed by atoms with van der Waals surface area (Å²) in [7, 11) is 0. The summed E-state index contributed by atoms with van der Waals surface area (Å²) in [6, 6.07) is 0. The maximum atomic E-state index is 12.7. The van der Waals surface area contributed by atoms with Gasteiger partial charge in [-0.2, -0.15) is 0 Å². The molecule has 2 fully saturated rings. The SMILES string of the molecule is C=C=C=C=C=C=C=C=C=C=C=C=C=C=C=C(C)C(=O)OCC1(CC)COC2(CC(C)(CC)N(OC(C)=O)C(C)(CC)C2C)OC1. The fourth-order valence-electron chi connectivity index (χ4n) is 5.32. The molecule has 0 radical (unpaired) electrons. The van der Waals surface area contributed by atoms with Gasteiger partial charge in [-0.25, -0.2) is 4.79 Å². The van der Waals surface area contributed by atoms with Gasteiger partial charge in [0.1, 0.15) is 6.61 Å². The van der Waals surface area contributed by atoms with Crippen LogP contribution in [0.2, 0.25) is 0 Å². The molecule has 7 heteroatoms. The van der Waals surface area contributed by atoms with Crippen molar-refractivity contribution in [1.82, 2.24) is 5.06 Å². The van der Waals surface area contributed by atoms with Gasteiger partial charge in [-0.15, -0.1) is 5.06 Å². The quantitative estimate of drug-likeness (QED) is 0.184. The first-order valence-corrected chi connectivity index (χ1v) is 14.9. The fraction of sp³-hybridized carbons (Fsp3) is 0.526. The number of hydroxylamine groups is 2. The van der Waals surface area contributed by atoms with E-state index in [0.29, 0.717) is 26.1 Å². The van der Waals surface area contributed by atoms with Crippen LogP contribution in [0, 0.1) is 11.3 Å². The average molecular weight is 608 g/mol. The Kier molecular flexibility index (Phi) is 13.5. The lowest BCUT2D eigenvalue weighted by atomic mass is 9.66. The van der Waals surface area contributed by atoms with E-state index in [0.717, 1.165) is 12.8 Å². The highest BCUT2D eigenvalue weighted by Crippen LogP contribution is 2.54. The molecule has 0 aromatic carbocycles. The van der Waals surface area contributed by atoms with E-state index in [9.17, 15) is 9.59 Å². The first kappa shape index (κ1) is 36.7. The standard InChI is InChI=1S/C38H41NO6/c1-10-14-15-16-17-18-19-20-21-22-23-24-25-26-31(5)34(41)42-28-37(13-4)29-43-38(44-30-37)27-35(8,11-2)39(45-33(7)40)36(9,12-3)32(38)6/h32H,1,11-13,27-30H2,2-9H3. The normalized spacial score (nSPS) is 27.9. The van der Waals surface area contributed by atoms with Crippen LogP contribution in [0.25, 0.3) is 0 Å². The Morgan fingerprint density at radius 3 is 1.78 bits per heavy atom. The van der Waals surface area contributed by atoms with Crippen molar-refractivity contribution in [3.05, 3.63) is 92.4 Å².